The van der Waals surface area contributed by atoms with E-state index in [2.05, 4.69) is 11.5 Å². The molecule has 1 aliphatic heterocycles. The number of aliphatic hydroxyl groups is 1. The van der Waals surface area contributed by atoms with E-state index in [1.54, 1.807) is 0 Å². The largest absolute Gasteiger partial charge is 0.396 e. The zero-order valence-corrected chi connectivity index (χ0v) is 11.4. The Kier molecular flexibility index (Phi) is 4.23. The zero-order chi connectivity index (χ0) is 13.1. The number of aromatic nitrogens is 1. The van der Waals surface area contributed by atoms with Gasteiger partial charge in [0.05, 0.1) is 0 Å². The lowest BCUT2D eigenvalue weighted by Crippen LogP contribution is -2.18. The predicted octanol–water partition coefficient (Wildman–Crippen LogP) is 2.90. The molecular formula is C15H23NO2. The first-order valence-corrected chi connectivity index (χ1v) is 7.09. The van der Waals surface area contributed by atoms with Gasteiger partial charge < -0.3 is 9.67 Å². The molecule has 0 aromatic carbocycles. The number of nitrogens with zero attached hydrogens (tertiary/aromatic N) is 1. The Morgan fingerprint density at radius 3 is 2.89 bits per heavy atom. The quantitative estimate of drug-likeness (QED) is 0.815. The predicted molar refractivity (Wildman–Crippen MR) is 72.1 cm³/mol. The molecule has 0 spiro atoms. The summed E-state index contributed by atoms with van der Waals surface area (Å²) in [5, 5.41) is 9.15. The van der Waals surface area contributed by atoms with E-state index in [-0.39, 0.29) is 12.4 Å². The second-order valence-corrected chi connectivity index (χ2v) is 5.06. The molecule has 18 heavy (non-hydrogen) atoms. The molecule has 0 amide bonds. The van der Waals surface area contributed by atoms with Crippen LogP contribution in [0, 0.1) is 0 Å². The van der Waals surface area contributed by atoms with Gasteiger partial charge in [0.2, 0.25) is 0 Å². The summed E-state index contributed by atoms with van der Waals surface area (Å²) in [6.45, 7) is 4.27. The van der Waals surface area contributed by atoms with Crippen LogP contribution in [0.1, 0.15) is 67.2 Å². The van der Waals surface area contributed by atoms with Gasteiger partial charge in [-0.1, -0.05) is 13.8 Å². The van der Waals surface area contributed by atoms with E-state index in [0.717, 1.165) is 31.2 Å². The van der Waals surface area contributed by atoms with Gasteiger partial charge in [-0.2, -0.15) is 0 Å². The number of fused-ring (bicyclic) bond motifs is 1. The van der Waals surface area contributed by atoms with Crippen molar-refractivity contribution in [1.29, 1.82) is 0 Å². The maximum absolute atomic E-state index is 12.0. The summed E-state index contributed by atoms with van der Waals surface area (Å²) in [6.07, 6.45) is 7.69. The summed E-state index contributed by atoms with van der Waals surface area (Å²) in [5.41, 5.74) is 3.49. The van der Waals surface area contributed by atoms with Crippen LogP contribution in [-0.4, -0.2) is 22.1 Å². The van der Waals surface area contributed by atoms with E-state index in [0.29, 0.717) is 12.5 Å². The third-order valence-corrected chi connectivity index (χ3v) is 4.04. The molecule has 0 saturated heterocycles. The zero-order valence-electron chi connectivity index (χ0n) is 11.4. The van der Waals surface area contributed by atoms with Crippen LogP contribution in [0.5, 0.6) is 0 Å². The average Bonchev–Trinajstić information content (AvgIpc) is 2.77. The summed E-state index contributed by atoms with van der Waals surface area (Å²) < 4.78 is 2.27. The molecule has 2 heterocycles. The fourth-order valence-electron chi connectivity index (χ4n) is 3.11. The van der Waals surface area contributed by atoms with E-state index in [1.165, 1.54) is 17.7 Å². The molecule has 100 valence electrons. The Morgan fingerprint density at radius 1 is 1.50 bits per heavy atom. The minimum Gasteiger partial charge on any atom is -0.396 e. The molecule has 1 aliphatic rings. The van der Waals surface area contributed by atoms with Crippen LogP contribution in [0.4, 0.5) is 0 Å². The fraction of sp³-hybridized carbons (Fsp3) is 0.667. The number of carbonyl (C=O) groups is 1. The van der Waals surface area contributed by atoms with E-state index in [4.69, 9.17) is 5.11 Å². The van der Waals surface area contributed by atoms with Crippen molar-refractivity contribution in [2.45, 2.75) is 58.4 Å². The SMILES string of the molecule is CCC(=O)c1cn2c(c1CC)CCC[C@@H]2CCO. The molecule has 0 bridgehead atoms. The molecule has 1 aromatic heterocycles. The number of Topliss-reactive ketones (excluding diaryl/α,β-unsaturated/α-hetero) is 1. The van der Waals surface area contributed by atoms with Crippen LogP contribution in [0.25, 0.3) is 0 Å². The summed E-state index contributed by atoms with van der Waals surface area (Å²) in [7, 11) is 0. The third-order valence-electron chi connectivity index (χ3n) is 4.04. The highest BCUT2D eigenvalue weighted by Gasteiger charge is 2.25. The van der Waals surface area contributed by atoms with E-state index in [9.17, 15) is 4.79 Å². The Hall–Kier alpha value is -1.09. The van der Waals surface area contributed by atoms with Crippen LogP contribution in [0.3, 0.4) is 0 Å². The second-order valence-electron chi connectivity index (χ2n) is 5.06. The molecule has 0 unspecified atom stereocenters. The second kappa shape index (κ2) is 5.70. The Labute approximate surface area is 109 Å². The van der Waals surface area contributed by atoms with Crippen LogP contribution >= 0.6 is 0 Å². The minimum absolute atomic E-state index is 0.223. The summed E-state index contributed by atoms with van der Waals surface area (Å²) in [6, 6.07) is 0.377. The smallest absolute Gasteiger partial charge is 0.164 e. The first-order valence-electron chi connectivity index (χ1n) is 7.09. The lowest BCUT2D eigenvalue weighted by Gasteiger charge is -2.26. The number of carbonyl (C=O) groups excluding carboxylic acids is 1. The first kappa shape index (κ1) is 13.3. The third kappa shape index (κ3) is 2.24. The lowest BCUT2D eigenvalue weighted by molar-refractivity contribution is 0.0987. The van der Waals surface area contributed by atoms with Gasteiger partial charge in [0.15, 0.2) is 5.78 Å². The Morgan fingerprint density at radius 2 is 2.28 bits per heavy atom. The highest BCUT2D eigenvalue weighted by molar-refractivity contribution is 5.97. The number of hydrogen-bond acceptors (Lipinski definition) is 2. The van der Waals surface area contributed by atoms with Gasteiger partial charge in [-0.05, 0) is 37.7 Å². The van der Waals surface area contributed by atoms with Crippen molar-refractivity contribution >= 4 is 5.78 Å². The molecule has 1 N–H and O–H groups in total. The lowest BCUT2D eigenvalue weighted by atomic mass is 9.96. The number of hydrogen-bond donors (Lipinski definition) is 1. The Bertz CT molecular complexity index is 434. The van der Waals surface area contributed by atoms with E-state index >= 15 is 0 Å². The standard InChI is InChI=1S/C15H23NO2/c1-3-12-13(15(18)4-2)10-16-11(8-9-17)6-5-7-14(12)16/h10-11,17H,3-9H2,1-2H3/t11-/m1/s1. The average molecular weight is 249 g/mol. The van der Waals surface area contributed by atoms with Crippen molar-refractivity contribution in [3.8, 4) is 0 Å². The van der Waals surface area contributed by atoms with Gasteiger partial charge in [-0.15, -0.1) is 0 Å². The minimum atomic E-state index is 0.223. The number of rotatable bonds is 5. The number of aliphatic hydroxyl groups excluding tert-OH is 1. The highest BCUT2D eigenvalue weighted by Crippen LogP contribution is 2.33. The van der Waals surface area contributed by atoms with Crippen molar-refractivity contribution in [2.24, 2.45) is 0 Å². The van der Waals surface area contributed by atoms with Crippen LogP contribution in [0.2, 0.25) is 0 Å². The molecule has 0 saturated carbocycles. The fourth-order valence-corrected chi connectivity index (χ4v) is 3.11. The van der Waals surface area contributed by atoms with Gasteiger partial charge in [-0.3, -0.25) is 4.79 Å². The Balaban J connectivity index is 2.43. The monoisotopic (exact) mass is 249 g/mol. The van der Waals surface area contributed by atoms with Crippen LogP contribution in [0.15, 0.2) is 6.20 Å². The molecule has 1 aromatic rings. The molecule has 1 atom stereocenters. The first-order chi connectivity index (χ1) is 8.72. The van der Waals surface area contributed by atoms with E-state index < -0.39 is 0 Å². The van der Waals surface area contributed by atoms with Gasteiger partial charge >= 0.3 is 0 Å². The van der Waals surface area contributed by atoms with Gasteiger partial charge in [0.1, 0.15) is 0 Å². The summed E-state index contributed by atoms with van der Waals surface area (Å²) in [5.74, 6) is 0.247. The normalized spacial score (nSPS) is 18.7. The summed E-state index contributed by atoms with van der Waals surface area (Å²) in [4.78, 5) is 12.0. The topological polar surface area (TPSA) is 42.2 Å². The van der Waals surface area contributed by atoms with Crippen molar-refractivity contribution in [3.63, 3.8) is 0 Å². The van der Waals surface area contributed by atoms with Crippen molar-refractivity contribution < 1.29 is 9.90 Å². The van der Waals surface area contributed by atoms with Crippen molar-refractivity contribution in [1.82, 2.24) is 4.57 Å². The van der Waals surface area contributed by atoms with Gasteiger partial charge in [-0.25, -0.2) is 0 Å². The molecule has 0 aliphatic carbocycles. The molecule has 0 fully saturated rings. The summed E-state index contributed by atoms with van der Waals surface area (Å²) >= 11 is 0. The van der Waals surface area contributed by atoms with Crippen LogP contribution in [-0.2, 0) is 12.8 Å². The van der Waals surface area contributed by atoms with Gasteiger partial charge in [0.25, 0.3) is 0 Å². The number of ketones is 1. The molecule has 3 heteroatoms. The van der Waals surface area contributed by atoms with E-state index in [1.807, 2.05) is 13.1 Å². The molecule has 2 rings (SSSR count). The molecule has 3 nitrogen and oxygen atoms in total. The maximum atomic E-state index is 12.0. The molecule has 0 radical (unpaired) electrons. The van der Waals surface area contributed by atoms with Crippen molar-refractivity contribution in [3.05, 3.63) is 23.0 Å². The maximum Gasteiger partial charge on any atom is 0.164 e. The highest BCUT2D eigenvalue weighted by atomic mass is 16.3. The van der Waals surface area contributed by atoms with Gasteiger partial charge in [0, 0.05) is 36.5 Å². The van der Waals surface area contributed by atoms with Crippen molar-refractivity contribution in [2.75, 3.05) is 6.61 Å². The molecular weight excluding hydrogens is 226 g/mol. The van der Waals surface area contributed by atoms with Crippen LogP contribution < -0.4 is 0 Å².